The van der Waals surface area contributed by atoms with E-state index in [0.717, 1.165) is 5.56 Å². The first kappa shape index (κ1) is 15.5. The minimum absolute atomic E-state index is 0.00511. The number of nitrogens with one attached hydrogen (secondary N) is 2. The Morgan fingerprint density at radius 2 is 2.05 bits per heavy atom. The number of aliphatic carboxylic acids is 1. The van der Waals surface area contributed by atoms with E-state index < -0.39 is 17.4 Å². The Hall–Kier alpha value is -2.55. The fourth-order valence-electron chi connectivity index (χ4n) is 1.37. The predicted octanol–water partition coefficient (Wildman–Crippen LogP) is 2.10. The number of carboxylic acids is 1. The molecule has 6 nitrogen and oxygen atoms in total. The van der Waals surface area contributed by atoms with Gasteiger partial charge in [0.2, 0.25) is 0 Å². The highest BCUT2D eigenvalue weighted by molar-refractivity contribution is 5.90. The first-order chi connectivity index (χ1) is 9.26. The second-order valence-corrected chi connectivity index (χ2v) is 5.14. The average Bonchev–Trinajstić information content (AvgIpc) is 2.39. The van der Waals surface area contributed by atoms with E-state index in [0.29, 0.717) is 11.3 Å². The summed E-state index contributed by atoms with van der Waals surface area (Å²) in [4.78, 5) is 22.7. The van der Waals surface area contributed by atoms with Crippen molar-refractivity contribution >= 4 is 17.7 Å². The fourth-order valence-corrected chi connectivity index (χ4v) is 1.37. The van der Waals surface area contributed by atoms with Crippen LogP contribution in [0.5, 0.6) is 0 Å². The van der Waals surface area contributed by atoms with Crippen LogP contribution in [-0.4, -0.2) is 23.7 Å². The number of carbonyl (C=O) groups is 2. The summed E-state index contributed by atoms with van der Waals surface area (Å²) in [6.07, 6.45) is 0. The van der Waals surface area contributed by atoms with Gasteiger partial charge in [-0.1, -0.05) is 6.07 Å². The topological polar surface area (TPSA) is 102 Å². The van der Waals surface area contributed by atoms with E-state index in [2.05, 4.69) is 10.6 Å². The third kappa shape index (κ3) is 3.99. The lowest BCUT2D eigenvalue weighted by Crippen LogP contribution is -2.40. The number of anilines is 1. The van der Waals surface area contributed by atoms with E-state index in [1.165, 1.54) is 13.8 Å². The summed E-state index contributed by atoms with van der Waals surface area (Å²) in [7, 11) is 0. The number of nitriles is 1. The number of benzene rings is 1. The maximum absolute atomic E-state index is 11.7. The highest BCUT2D eigenvalue weighted by Crippen LogP contribution is 2.17. The number of aryl methyl sites for hydroxylation is 1. The van der Waals surface area contributed by atoms with Crippen molar-refractivity contribution in [3.8, 4) is 6.07 Å². The van der Waals surface area contributed by atoms with Crippen molar-refractivity contribution in [2.45, 2.75) is 20.8 Å². The van der Waals surface area contributed by atoms with Crippen molar-refractivity contribution in [2.24, 2.45) is 5.41 Å². The van der Waals surface area contributed by atoms with Gasteiger partial charge < -0.3 is 15.7 Å². The van der Waals surface area contributed by atoms with Crippen LogP contribution in [0.3, 0.4) is 0 Å². The first-order valence-electron chi connectivity index (χ1n) is 6.05. The van der Waals surface area contributed by atoms with Gasteiger partial charge in [0.25, 0.3) is 0 Å². The lowest BCUT2D eigenvalue weighted by atomic mass is 9.94. The zero-order valence-corrected chi connectivity index (χ0v) is 11.7. The number of nitrogens with zero attached hydrogens (tertiary/aromatic N) is 1. The summed E-state index contributed by atoms with van der Waals surface area (Å²) < 4.78 is 0. The van der Waals surface area contributed by atoms with E-state index in [9.17, 15) is 9.59 Å². The molecule has 0 saturated carbocycles. The number of carboxylic acid groups (broad SMARTS) is 1. The number of carbonyl (C=O) groups excluding carboxylic acids is 1. The third-order valence-corrected chi connectivity index (χ3v) is 2.88. The molecule has 0 bridgehead atoms. The van der Waals surface area contributed by atoms with Crippen LogP contribution in [0.25, 0.3) is 0 Å². The molecule has 1 aromatic carbocycles. The molecule has 0 spiro atoms. The monoisotopic (exact) mass is 275 g/mol. The molecule has 0 aliphatic heterocycles. The van der Waals surface area contributed by atoms with E-state index in [1.807, 2.05) is 6.07 Å². The van der Waals surface area contributed by atoms with Crippen LogP contribution in [0.4, 0.5) is 10.5 Å². The molecule has 0 heterocycles. The standard InChI is InChI=1S/C14H17N3O3/c1-9-4-5-10(7-15)6-11(9)17-13(20)16-8-14(2,3)12(18)19/h4-6H,8H2,1-3H3,(H,18,19)(H2,16,17,20). The zero-order chi connectivity index (χ0) is 15.3. The molecule has 1 rings (SSSR count). The Labute approximate surface area is 117 Å². The van der Waals surface area contributed by atoms with E-state index in [4.69, 9.17) is 10.4 Å². The molecule has 20 heavy (non-hydrogen) atoms. The Morgan fingerprint density at radius 3 is 2.60 bits per heavy atom. The lowest BCUT2D eigenvalue weighted by molar-refractivity contribution is -0.146. The number of hydrogen-bond acceptors (Lipinski definition) is 3. The van der Waals surface area contributed by atoms with Crippen LogP contribution < -0.4 is 10.6 Å². The molecule has 1 aromatic rings. The molecule has 0 atom stereocenters. The maximum atomic E-state index is 11.7. The molecule has 0 fully saturated rings. The molecule has 3 N–H and O–H groups in total. The molecular weight excluding hydrogens is 258 g/mol. The SMILES string of the molecule is Cc1ccc(C#N)cc1NC(=O)NCC(C)(C)C(=O)O. The third-order valence-electron chi connectivity index (χ3n) is 2.88. The summed E-state index contributed by atoms with van der Waals surface area (Å²) in [6, 6.07) is 6.44. The van der Waals surface area contributed by atoms with Crippen molar-refractivity contribution in [3.63, 3.8) is 0 Å². The summed E-state index contributed by atoms with van der Waals surface area (Å²) in [6.45, 7) is 4.86. The second-order valence-electron chi connectivity index (χ2n) is 5.14. The van der Waals surface area contributed by atoms with Crippen molar-refractivity contribution in [1.29, 1.82) is 5.26 Å². The number of rotatable bonds is 4. The molecule has 0 aliphatic carbocycles. The summed E-state index contributed by atoms with van der Waals surface area (Å²) in [5.41, 5.74) is 0.740. The Bertz CT molecular complexity index is 574. The second kappa shape index (κ2) is 6.06. The van der Waals surface area contributed by atoms with E-state index in [1.54, 1.807) is 25.1 Å². The summed E-state index contributed by atoms with van der Waals surface area (Å²) in [5, 5.41) is 22.9. The maximum Gasteiger partial charge on any atom is 0.319 e. The van der Waals surface area contributed by atoms with Gasteiger partial charge >= 0.3 is 12.0 Å². The van der Waals surface area contributed by atoms with Crippen LogP contribution in [0.15, 0.2) is 18.2 Å². The van der Waals surface area contributed by atoms with Gasteiger partial charge in [0.1, 0.15) is 0 Å². The fraction of sp³-hybridized carbons (Fsp3) is 0.357. The Balaban J connectivity index is 2.68. The van der Waals surface area contributed by atoms with Gasteiger partial charge in [-0.3, -0.25) is 4.79 Å². The largest absolute Gasteiger partial charge is 0.481 e. The van der Waals surface area contributed by atoms with Gasteiger partial charge in [-0.2, -0.15) is 5.26 Å². The normalized spacial score (nSPS) is 10.5. The van der Waals surface area contributed by atoms with Crippen LogP contribution in [0.2, 0.25) is 0 Å². The van der Waals surface area contributed by atoms with Crippen molar-refractivity contribution in [1.82, 2.24) is 5.32 Å². The molecular formula is C14H17N3O3. The molecule has 0 radical (unpaired) electrons. The number of hydrogen-bond donors (Lipinski definition) is 3. The van der Waals surface area contributed by atoms with Gasteiger partial charge in [0.05, 0.1) is 17.0 Å². The average molecular weight is 275 g/mol. The van der Waals surface area contributed by atoms with Crippen LogP contribution in [-0.2, 0) is 4.79 Å². The van der Waals surface area contributed by atoms with Crippen molar-refractivity contribution < 1.29 is 14.7 Å². The Kier molecular flexibility index (Phi) is 4.70. The van der Waals surface area contributed by atoms with E-state index >= 15 is 0 Å². The van der Waals surface area contributed by atoms with Gasteiger partial charge in [0.15, 0.2) is 0 Å². The first-order valence-corrected chi connectivity index (χ1v) is 6.05. The molecule has 0 aromatic heterocycles. The van der Waals surface area contributed by atoms with Gasteiger partial charge in [0, 0.05) is 12.2 Å². The zero-order valence-electron chi connectivity index (χ0n) is 11.7. The van der Waals surface area contributed by atoms with Crippen LogP contribution in [0, 0.1) is 23.7 Å². The predicted molar refractivity (Wildman–Crippen MR) is 74.3 cm³/mol. The molecule has 2 amide bonds. The van der Waals surface area contributed by atoms with E-state index in [-0.39, 0.29) is 6.54 Å². The van der Waals surface area contributed by atoms with Gasteiger partial charge in [-0.05, 0) is 38.5 Å². The number of amides is 2. The highest BCUT2D eigenvalue weighted by Gasteiger charge is 2.27. The molecule has 6 heteroatoms. The van der Waals surface area contributed by atoms with Crippen molar-refractivity contribution in [3.05, 3.63) is 29.3 Å². The number of urea groups is 1. The van der Waals surface area contributed by atoms with Crippen molar-refractivity contribution in [2.75, 3.05) is 11.9 Å². The van der Waals surface area contributed by atoms with Crippen LogP contribution in [0.1, 0.15) is 25.0 Å². The minimum atomic E-state index is -1.04. The highest BCUT2D eigenvalue weighted by atomic mass is 16.4. The minimum Gasteiger partial charge on any atom is -0.481 e. The molecule has 0 saturated heterocycles. The Morgan fingerprint density at radius 1 is 1.40 bits per heavy atom. The quantitative estimate of drug-likeness (QED) is 0.783. The lowest BCUT2D eigenvalue weighted by Gasteiger charge is -2.19. The van der Waals surface area contributed by atoms with Crippen LogP contribution >= 0.6 is 0 Å². The molecule has 0 aliphatic rings. The smallest absolute Gasteiger partial charge is 0.319 e. The molecule has 106 valence electrons. The van der Waals surface area contributed by atoms with Gasteiger partial charge in [-0.15, -0.1) is 0 Å². The molecule has 0 unspecified atom stereocenters. The summed E-state index contributed by atoms with van der Waals surface area (Å²) in [5.74, 6) is -0.986. The summed E-state index contributed by atoms with van der Waals surface area (Å²) >= 11 is 0. The van der Waals surface area contributed by atoms with Gasteiger partial charge in [-0.25, -0.2) is 4.79 Å².